The van der Waals surface area contributed by atoms with Gasteiger partial charge in [-0.15, -0.1) is 5.10 Å². The number of anilines is 2. The topological polar surface area (TPSA) is 110 Å². The first kappa shape index (κ1) is 20.1. The standard InChI is InChI=1S/C18H21ClN6O2S/c1-2-3-9-25-16(20)14(17(26)21-18(25)27)24(10-12-7-5-4-6-8-12)11-13-15(19)28-23-22-13/h4-8H,2-3,9-11,20H2,1H3,(H,21,26,27). The van der Waals surface area contributed by atoms with Crippen molar-refractivity contribution >= 4 is 34.6 Å². The molecule has 1 aromatic carbocycles. The SMILES string of the molecule is CCCCn1c(N)c(N(Cc2ccccc2)Cc2nnsc2Cl)c(=O)[nH]c1=O. The van der Waals surface area contributed by atoms with E-state index in [0.29, 0.717) is 23.1 Å². The van der Waals surface area contributed by atoms with Crippen LogP contribution in [-0.4, -0.2) is 19.1 Å². The van der Waals surface area contributed by atoms with Gasteiger partial charge in [-0.2, -0.15) is 0 Å². The third kappa shape index (κ3) is 4.42. The Balaban J connectivity index is 2.07. The molecule has 0 saturated carbocycles. The van der Waals surface area contributed by atoms with Gasteiger partial charge < -0.3 is 10.6 Å². The van der Waals surface area contributed by atoms with E-state index in [1.807, 2.05) is 37.3 Å². The number of nitrogens with two attached hydrogens (primary N) is 1. The summed E-state index contributed by atoms with van der Waals surface area (Å²) in [5, 5.41) is 4.04. The number of aromatic nitrogens is 4. The monoisotopic (exact) mass is 420 g/mol. The van der Waals surface area contributed by atoms with E-state index in [-0.39, 0.29) is 18.1 Å². The molecule has 0 aliphatic rings. The molecule has 0 aliphatic heterocycles. The first-order chi connectivity index (χ1) is 13.5. The zero-order chi connectivity index (χ0) is 20.1. The van der Waals surface area contributed by atoms with Crippen LogP contribution in [0.5, 0.6) is 0 Å². The van der Waals surface area contributed by atoms with Crippen LogP contribution in [0.25, 0.3) is 0 Å². The van der Waals surface area contributed by atoms with Crippen molar-refractivity contribution in [3.05, 3.63) is 66.8 Å². The number of H-pyrrole nitrogens is 1. The van der Waals surface area contributed by atoms with Crippen molar-refractivity contribution in [3.63, 3.8) is 0 Å². The first-order valence-electron chi connectivity index (χ1n) is 8.89. The lowest BCUT2D eigenvalue weighted by Crippen LogP contribution is -2.38. The Hall–Kier alpha value is -2.65. The molecule has 0 bridgehead atoms. The van der Waals surface area contributed by atoms with Gasteiger partial charge in [-0.05, 0) is 12.0 Å². The molecule has 3 N–H and O–H groups in total. The fraction of sp³-hybridized carbons (Fsp3) is 0.333. The number of unbranched alkanes of at least 4 members (excludes halogenated alkanes) is 1. The molecule has 3 aromatic rings. The van der Waals surface area contributed by atoms with Gasteiger partial charge in [0.25, 0.3) is 5.56 Å². The summed E-state index contributed by atoms with van der Waals surface area (Å²) < 4.78 is 5.71. The molecule has 0 saturated heterocycles. The summed E-state index contributed by atoms with van der Waals surface area (Å²) in [5.74, 6) is 0.137. The minimum Gasteiger partial charge on any atom is -0.383 e. The molecule has 0 spiro atoms. The highest BCUT2D eigenvalue weighted by atomic mass is 35.5. The quantitative estimate of drug-likeness (QED) is 0.579. The van der Waals surface area contributed by atoms with Crippen molar-refractivity contribution in [3.8, 4) is 0 Å². The zero-order valence-corrected chi connectivity index (χ0v) is 17.0. The van der Waals surface area contributed by atoms with E-state index < -0.39 is 11.2 Å². The molecule has 8 nitrogen and oxygen atoms in total. The van der Waals surface area contributed by atoms with Gasteiger partial charge in [-0.1, -0.05) is 59.8 Å². The van der Waals surface area contributed by atoms with Crippen LogP contribution in [0.15, 0.2) is 39.9 Å². The molecular weight excluding hydrogens is 400 g/mol. The summed E-state index contributed by atoms with van der Waals surface area (Å²) in [5.41, 5.74) is 6.99. The van der Waals surface area contributed by atoms with E-state index in [1.165, 1.54) is 4.57 Å². The second-order valence-corrected chi connectivity index (χ2v) is 7.69. The molecule has 0 aliphatic carbocycles. The average Bonchev–Trinajstić information content (AvgIpc) is 3.07. The van der Waals surface area contributed by atoms with Crippen LogP contribution < -0.4 is 21.9 Å². The fourth-order valence-electron chi connectivity index (χ4n) is 2.91. The van der Waals surface area contributed by atoms with Crippen molar-refractivity contribution in [1.82, 2.24) is 19.1 Å². The molecule has 28 heavy (non-hydrogen) atoms. The lowest BCUT2D eigenvalue weighted by Gasteiger charge is -2.25. The maximum atomic E-state index is 12.7. The number of rotatable bonds is 8. The minimum absolute atomic E-state index is 0.137. The van der Waals surface area contributed by atoms with Crippen LogP contribution in [0, 0.1) is 0 Å². The van der Waals surface area contributed by atoms with E-state index in [9.17, 15) is 9.59 Å². The zero-order valence-electron chi connectivity index (χ0n) is 15.4. The molecule has 3 rings (SSSR count). The largest absolute Gasteiger partial charge is 0.383 e. The summed E-state index contributed by atoms with van der Waals surface area (Å²) in [7, 11) is 0. The molecule has 0 radical (unpaired) electrons. The van der Waals surface area contributed by atoms with Crippen LogP contribution in [0.1, 0.15) is 31.0 Å². The van der Waals surface area contributed by atoms with Crippen LogP contribution in [-0.2, 0) is 19.6 Å². The smallest absolute Gasteiger partial charge is 0.330 e. The van der Waals surface area contributed by atoms with E-state index in [0.717, 1.165) is 29.9 Å². The molecule has 0 fully saturated rings. The van der Waals surface area contributed by atoms with Gasteiger partial charge in [-0.25, -0.2) is 4.79 Å². The fourth-order valence-corrected chi connectivity index (χ4v) is 3.52. The van der Waals surface area contributed by atoms with Crippen LogP contribution in [0.2, 0.25) is 4.34 Å². The predicted molar refractivity (Wildman–Crippen MR) is 112 cm³/mol. The second kappa shape index (κ2) is 9.03. The third-order valence-electron chi connectivity index (χ3n) is 4.33. The number of aromatic amines is 1. The molecule has 2 heterocycles. The number of benzene rings is 1. The maximum Gasteiger partial charge on any atom is 0.330 e. The normalized spacial score (nSPS) is 10.9. The van der Waals surface area contributed by atoms with Gasteiger partial charge >= 0.3 is 5.69 Å². The summed E-state index contributed by atoms with van der Waals surface area (Å²) >= 11 is 7.25. The molecule has 0 amide bonds. The number of hydrogen-bond donors (Lipinski definition) is 2. The molecular formula is C18H21ClN6O2S. The van der Waals surface area contributed by atoms with Crippen molar-refractivity contribution in [2.75, 3.05) is 10.6 Å². The van der Waals surface area contributed by atoms with Crippen molar-refractivity contribution in [2.45, 2.75) is 39.4 Å². The molecule has 10 heteroatoms. The second-order valence-electron chi connectivity index (χ2n) is 6.33. The third-order valence-corrected chi connectivity index (χ3v) is 5.32. The van der Waals surface area contributed by atoms with Gasteiger partial charge in [0, 0.05) is 24.6 Å². The summed E-state index contributed by atoms with van der Waals surface area (Å²) in [4.78, 5) is 29.1. The van der Waals surface area contributed by atoms with Crippen molar-refractivity contribution < 1.29 is 0 Å². The van der Waals surface area contributed by atoms with Crippen molar-refractivity contribution in [2.24, 2.45) is 0 Å². The lowest BCUT2D eigenvalue weighted by molar-refractivity contribution is 0.601. The Kier molecular flexibility index (Phi) is 6.48. The van der Waals surface area contributed by atoms with Gasteiger partial charge in [0.2, 0.25) is 0 Å². The summed E-state index contributed by atoms with van der Waals surface area (Å²) in [6, 6.07) is 9.65. The highest BCUT2D eigenvalue weighted by Crippen LogP contribution is 2.25. The summed E-state index contributed by atoms with van der Waals surface area (Å²) in [6.45, 7) is 3.09. The molecule has 148 valence electrons. The van der Waals surface area contributed by atoms with Crippen LogP contribution >= 0.6 is 23.1 Å². The van der Waals surface area contributed by atoms with E-state index in [2.05, 4.69) is 14.6 Å². The van der Waals surface area contributed by atoms with E-state index in [1.54, 1.807) is 4.90 Å². The van der Waals surface area contributed by atoms with E-state index >= 15 is 0 Å². The number of nitrogens with zero attached hydrogens (tertiary/aromatic N) is 4. The highest BCUT2D eigenvalue weighted by molar-refractivity contribution is 7.10. The van der Waals surface area contributed by atoms with Crippen LogP contribution in [0.3, 0.4) is 0 Å². The average molecular weight is 421 g/mol. The number of nitrogens with one attached hydrogen (secondary N) is 1. The maximum absolute atomic E-state index is 12.7. The Morgan fingerprint density at radius 1 is 1.25 bits per heavy atom. The Bertz CT molecular complexity index is 1050. The van der Waals surface area contributed by atoms with Crippen molar-refractivity contribution in [1.29, 1.82) is 0 Å². The minimum atomic E-state index is -0.537. The molecule has 0 unspecified atom stereocenters. The highest BCUT2D eigenvalue weighted by Gasteiger charge is 2.21. The predicted octanol–water partition coefficient (Wildman–Crippen LogP) is 2.63. The molecule has 0 atom stereocenters. The van der Waals surface area contributed by atoms with Gasteiger partial charge in [0.15, 0.2) is 0 Å². The first-order valence-corrected chi connectivity index (χ1v) is 10.0. The van der Waals surface area contributed by atoms with Gasteiger partial charge in [0.1, 0.15) is 21.5 Å². The Labute approximate surface area is 170 Å². The van der Waals surface area contributed by atoms with Gasteiger partial charge in [-0.3, -0.25) is 14.3 Å². The van der Waals surface area contributed by atoms with Crippen LogP contribution in [0.4, 0.5) is 11.5 Å². The Morgan fingerprint density at radius 2 is 2.00 bits per heavy atom. The van der Waals surface area contributed by atoms with Gasteiger partial charge in [0.05, 0.1) is 6.54 Å². The Morgan fingerprint density at radius 3 is 2.64 bits per heavy atom. The lowest BCUT2D eigenvalue weighted by atomic mass is 10.2. The van der Waals surface area contributed by atoms with E-state index in [4.69, 9.17) is 17.3 Å². The molecule has 2 aromatic heterocycles. The number of halogens is 1. The number of hydrogen-bond acceptors (Lipinski definition) is 7. The number of nitrogen functional groups attached to an aromatic ring is 1. The summed E-state index contributed by atoms with van der Waals surface area (Å²) in [6.07, 6.45) is 1.67.